The predicted molar refractivity (Wildman–Crippen MR) is 133 cm³/mol. The van der Waals surface area contributed by atoms with E-state index in [1.54, 1.807) is 11.3 Å². The molecule has 4 rings (SSSR count). The first kappa shape index (κ1) is 24.0. The molecule has 0 saturated carbocycles. The molecule has 1 N–H and O–H groups in total. The number of rotatable bonds is 8. The lowest BCUT2D eigenvalue weighted by Crippen LogP contribution is -2.48. The molecule has 1 aromatic heterocycles. The third-order valence-electron chi connectivity index (χ3n) is 6.40. The predicted octanol–water partition coefficient (Wildman–Crippen LogP) is 4.57. The highest BCUT2D eigenvalue weighted by Gasteiger charge is 2.22. The van der Waals surface area contributed by atoms with Crippen LogP contribution in [0.4, 0.5) is 5.00 Å². The second kappa shape index (κ2) is 11.8. The van der Waals surface area contributed by atoms with E-state index in [1.165, 1.54) is 23.3 Å². The van der Waals surface area contributed by atoms with E-state index in [1.807, 2.05) is 24.3 Å². The molecule has 33 heavy (non-hydrogen) atoms. The van der Waals surface area contributed by atoms with Crippen molar-refractivity contribution in [3.8, 4) is 11.8 Å². The number of fused-ring (bicyclic) bond motifs is 1. The van der Waals surface area contributed by atoms with E-state index >= 15 is 0 Å². The normalized spacial score (nSPS) is 17.1. The second-order valence-electron chi connectivity index (χ2n) is 8.66. The maximum Gasteiger partial charge on any atom is 0.226 e. The molecule has 2 aromatic rings. The summed E-state index contributed by atoms with van der Waals surface area (Å²) in [5.41, 5.74) is 1.87. The number of carbonyl (C=O) groups is 1. The number of amides is 1. The van der Waals surface area contributed by atoms with Gasteiger partial charge in [-0.05, 0) is 55.5 Å². The number of aryl methyl sites for hydroxylation is 1. The van der Waals surface area contributed by atoms with Crippen molar-refractivity contribution in [3.63, 3.8) is 0 Å². The van der Waals surface area contributed by atoms with Gasteiger partial charge in [-0.3, -0.25) is 9.69 Å². The number of carbonyl (C=O) groups excluding carboxylic acids is 1. The maximum absolute atomic E-state index is 12.6. The summed E-state index contributed by atoms with van der Waals surface area (Å²) in [5.74, 6) is 0.840. The van der Waals surface area contributed by atoms with Crippen molar-refractivity contribution < 1.29 is 9.53 Å². The van der Waals surface area contributed by atoms with Gasteiger partial charge in [0.25, 0.3) is 0 Å². The van der Waals surface area contributed by atoms with Crippen LogP contribution in [-0.2, 0) is 17.6 Å². The summed E-state index contributed by atoms with van der Waals surface area (Å²) in [6, 6.07) is 9.78. The van der Waals surface area contributed by atoms with Crippen LogP contribution in [0.15, 0.2) is 24.3 Å². The lowest BCUT2D eigenvalue weighted by Gasteiger charge is -2.34. The molecule has 176 valence electrons. The van der Waals surface area contributed by atoms with Crippen LogP contribution in [0.2, 0.25) is 5.02 Å². The molecule has 1 aliphatic carbocycles. The van der Waals surface area contributed by atoms with Crippen LogP contribution >= 0.6 is 22.9 Å². The number of halogens is 1. The molecular formula is C25H31ClN4O2S. The number of piperazine rings is 1. The molecule has 2 heterocycles. The largest absolute Gasteiger partial charge is 0.492 e. The number of hydrogen-bond acceptors (Lipinski definition) is 6. The molecule has 1 amide bonds. The first-order chi connectivity index (χ1) is 16.1. The molecule has 0 unspecified atom stereocenters. The standard InChI is InChI=1S/C25H31ClN4O2S/c26-19-6-8-20(9-7-19)32-17-16-30-14-12-29(13-15-30)11-10-24(31)28-25-22(18-27)21-4-2-1-3-5-23(21)33-25/h6-9H,1-5,10-17H2,(H,28,31). The first-order valence-corrected chi connectivity index (χ1v) is 13.0. The third kappa shape index (κ3) is 6.70. The average molecular weight is 487 g/mol. The van der Waals surface area contributed by atoms with E-state index in [-0.39, 0.29) is 5.91 Å². The molecule has 0 spiro atoms. The Morgan fingerprint density at radius 2 is 1.76 bits per heavy atom. The Bertz CT molecular complexity index is 978. The van der Waals surface area contributed by atoms with Crippen LogP contribution in [0, 0.1) is 11.3 Å². The van der Waals surface area contributed by atoms with Crippen LogP contribution in [-0.4, -0.2) is 61.6 Å². The van der Waals surface area contributed by atoms with Crippen molar-refractivity contribution in [3.05, 3.63) is 45.3 Å². The fourth-order valence-corrected chi connectivity index (χ4v) is 5.84. The molecule has 0 atom stereocenters. The van der Waals surface area contributed by atoms with E-state index in [0.717, 1.165) is 69.3 Å². The van der Waals surface area contributed by atoms with E-state index in [4.69, 9.17) is 16.3 Å². The smallest absolute Gasteiger partial charge is 0.226 e. The van der Waals surface area contributed by atoms with Gasteiger partial charge in [-0.25, -0.2) is 0 Å². The van der Waals surface area contributed by atoms with Crippen molar-refractivity contribution in [1.29, 1.82) is 5.26 Å². The minimum atomic E-state index is 0.00158. The van der Waals surface area contributed by atoms with E-state index in [9.17, 15) is 10.1 Å². The minimum Gasteiger partial charge on any atom is -0.492 e. The van der Waals surface area contributed by atoms with E-state index < -0.39 is 0 Å². The molecule has 1 fully saturated rings. The number of nitrogens with one attached hydrogen (secondary N) is 1. The molecular weight excluding hydrogens is 456 g/mol. The van der Waals surface area contributed by atoms with Crippen molar-refractivity contribution in [2.75, 3.05) is 51.2 Å². The zero-order valence-electron chi connectivity index (χ0n) is 18.9. The van der Waals surface area contributed by atoms with Gasteiger partial charge in [0.15, 0.2) is 0 Å². The van der Waals surface area contributed by atoms with E-state index in [0.29, 0.717) is 23.6 Å². The summed E-state index contributed by atoms with van der Waals surface area (Å²) in [4.78, 5) is 18.6. The summed E-state index contributed by atoms with van der Waals surface area (Å²) < 4.78 is 5.79. The molecule has 2 aliphatic rings. The van der Waals surface area contributed by atoms with Gasteiger partial charge in [0.2, 0.25) is 5.91 Å². The number of thiophene rings is 1. The molecule has 1 aliphatic heterocycles. The number of anilines is 1. The van der Waals surface area contributed by atoms with Gasteiger partial charge >= 0.3 is 0 Å². The Labute approximate surface area is 205 Å². The van der Waals surface area contributed by atoms with Gasteiger partial charge in [0, 0.05) is 55.6 Å². The average Bonchev–Trinajstić information content (AvgIpc) is 2.98. The SMILES string of the molecule is N#Cc1c(NC(=O)CCN2CCN(CCOc3ccc(Cl)cc3)CC2)sc2c1CCCCC2. The zero-order chi connectivity index (χ0) is 23.0. The van der Waals surface area contributed by atoms with Crippen LogP contribution in [0.25, 0.3) is 0 Å². The van der Waals surface area contributed by atoms with Gasteiger partial charge in [-0.1, -0.05) is 18.0 Å². The first-order valence-electron chi connectivity index (χ1n) is 11.8. The Hall–Kier alpha value is -2.11. The summed E-state index contributed by atoms with van der Waals surface area (Å²) in [6.07, 6.45) is 5.96. The number of hydrogen-bond donors (Lipinski definition) is 1. The second-order valence-corrected chi connectivity index (χ2v) is 10.2. The summed E-state index contributed by atoms with van der Waals surface area (Å²) in [6.45, 7) is 6.13. The molecule has 0 radical (unpaired) electrons. The molecule has 6 nitrogen and oxygen atoms in total. The zero-order valence-corrected chi connectivity index (χ0v) is 20.5. The Morgan fingerprint density at radius 1 is 1.06 bits per heavy atom. The Kier molecular flexibility index (Phi) is 8.63. The van der Waals surface area contributed by atoms with Gasteiger partial charge in [-0.2, -0.15) is 5.26 Å². The molecule has 0 bridgehead atoms. The van der Waals surface area contributed by atoms with Crippen LogP contribution in [0.1, 0.15) is 41.7 Å². The minimum absolute atomic E-state index is 0.00158. The van der Waals surface area contributed by atoms with Crippen molar-refractivity contribution >= 4 is 33.8 Å². The van der Waals surface area contributed by atoms with Crippen molar-refractivity contribution in [2.24, 2.45) is 0 Å². The summed E-state index contributed by atoms with van der Waals surface area (Å²) in [5, 5.41) is 14.1. The van der Waals surface area contributed by atoms with Gasteiger partial charge in [0.1, 0.15) is 23.4 Å². The lowest BCUT2D eigenvalue weighted by atomic mass is 10.1. The highest BCUT2D eigenvalue weighted by Crippen LogP contribution is 2.37. The number of nitriles is 1. The van der Waals surface area contributed by atoms with Gasteiger partial charge in [0.05, 0.1) is 5.56 Å². The third-order valence-corrected chi connectivity index (χ3v) is 7.86. The Morgan fingerprint density at radius 3 is 2.48 bits per heavy atom. The topological polar surface area (TPSA) is 68.6 Å². The lowest BCUT2D eigenvalue weighted by molar-refractivity contribution is -0.116. The molecule has 8 heteroatoms. The van der Waals surface area contributed by atoms with Crippen LogP contribution in [0.3, 0.4) is 0 Å². The van der Waals surface area contributed by atoms with Gasteiger partial charge in [-0.15, -0.1) is 11.3 Å². The quantitative estimate of drug-likeness (QED) is 0.553. The van der Waals surface area contributed by atoms with Crippen molar-refractivity contribution in [1.82, 2.24) is 9.80 Å². The van der Waals surface area contributed by atoms with Crippen LogP contribution < -0.4 is 10.1 Å². The van der Waals surface area contributed by atoms with E-state index in [2.05, 4.69) is 21.2 Å². The van der Waals surface area contributed by atoms with Crippen LogP contribution in [0.5, 0.6) is 5.75 Å². The number of ether oxygens (including phenoxy) is 1. The summed E-state index contributed by atoms with van der Waals surface area (Å²) in [7, 11) is 0. The highest BCUT2D eigenvalue weighted by atomic mass is 35.5. The molecule has 1 saturated heterocycles. The number of nitrogens with zero attached hydrogens (tertiary/aromatic N) is 3. The monoisotopic (exact) mass is 486 g/mol. The highest BCUT2D eigenvalue weighted by molar-refractivity contribution is 7.16. The molecule has 1 aromatic carbocycles. The van der Waals surface area contributed by atoms with Crippen molar-refractivity contribution in [2.45, 2.75) is 38.5 Å². The number of benzene rings is 1. The maximum atomic E-state index is 12.6. The fourth-order valence-electron chi connectivity index (χ4n) is 4.46. The van der Waals surface area contributed by atoms with Gasteiger partial charge < -0.3 is 15.0 Å². The fraction of sp³-hybridized carbons (Fsp3) is 0.520. The Balaban J connectivity index is 1.16. The summed E-state index contributed by atoms with van der Waals surface area (Å²) >= 11 is 7.50.